The van der Waals surface area contributed by atoms with Gasteiger partial charge in [0.2, 0.25) is 5.91 Å². The lowest BCUT2D eigenvalue weighted by Crippen LogP contribution is -2.35. The van der Waals surface area contributed by atoms with E-state index in [1.807, 2.05) is 23.1 Å². The minimum Gasteiger partial charge on any atom is -0.338 e. The fourth-order valence-electron chi connectivity index (χ4n) is 2.60. The zero-order valence-electron chi connectivity index (χ0n) is 12.8. The van der Waals surface area contributed by atoms with Crippen LogP contribution >= 0.6 is 11.3 Å². The molecule has 1 atom stereocenters. The first kappa shape index (κ1) is 15.8. The molecule has 1 aromatic carbocycles. The second-order valence-electron chi connectivity index (χ2n) is 5.26. The van der Waals surface area contributed by atoms with Gasteiger partial charge < -0.3 is 4.90 Å². The number of carbonyl (C=O) groups excluding carboxylic acids is 1. The molecule has 1 unspecified atom stereocenters. The van der Waals surface area contributed by atoms with Crippen LogP contribution in [0.15, 0.2) is 47.2 Å². The first-order valence-electron chi connectivity index (χ1n) is 7.61. The first-order chi connectivity index (χ1) is 10.3. The van der Waals surface area contributed by atoms with Crippen molar-refractivity contribution in [2.24, 2.45) is 0 Å². The zero-order chi connectivity index (χ0) is 15.1. The van der Waals surface area contributed by atoms with E-state index in [4.69, 9.17) is 0 Å². The minimum atomic E-state index is -0.0311. The highest BCUT2D eigenvalue weighted by molar-refractivity contribution is 7.07. The molecule has 1 aromatic heterocycles. The number of carbonyl (C=O) groups is 1. The highest BCUT2D eigenvalue weighted by Gasteiger charge is 2.24. The molecule has 0 fully saturated rings. The molecule has 0 aliphatic carbocycles. The molecule has 2 aromatic rings. The molecule has 21 heavy (non-hydrogen) atoms. The van der Waals surface area contributed by atoms with Gasteiger partial charge in [0.15, 0.2) is 0 Å². The fraction of sp³-hybridized carbons (Fsp3) is 0.389. The number of amides is 1. The number of hydrogen-bond donors (Lipinski definition) is 0. The largest absolute Gasteiger partial charge is 0.338 e. The Labute approximate surface area is 131 Å². The van der Waals surface area contributed by atoms with Crippen molar-refractivity contribution in [1.29, 1.82) is 0 Å². The van der Waals surface area contributed by atoms with Gasteiger partial charge in [0.1, 0.15) is 0 Å². The van der Waals surface area contributed by atoms with Crippen LogP contribution in [-0.2, 0) is 11.3 Å². The zero-order valence-corrected chi connectivity index (χ0v) is 13.6. The molecule has 0 radical (unpaired) electrons. The third kappa shape index (κ3) is 4.18. The molecule has 3 heteroatoms. The lowest BCUT2D eigenvalue weighted by molar-refractivity contribution is -0.133. The van der Waals surface area contributed by atoms with E-state index in [2.05, 4.69) is 42.8 Å². The Morgan fingerprint density at radius 3 is 2.52 bits per heavy atom. The van der Waals surface area contributed by atoms with Gasteiger partial charge in [-0.15, -0.1) is 0 Å². The van der Waals surface area contributed by atoms with Crippen LogP contribution in [0.3, 0.4) is 0 Å². The fourth-order valence-corrected chi connectivity index (χ4v) is 3.26. The standard InChI is InChI=1S/C18H23NOS/c1-3-11-19(13-15-10-12-21-14-15)18(20)17(4-2)16-8-6-5-7-9-16/h5-10,12,14,17H,3-4,11,13H2,1-2H3. The molecule has 1 heterocycles. The van der Waals surface area contributed by atoms with E-state index < -0.39 is 0 Å². The third-order valence-corrected chi connectivity index (χ3v) is 4.40. The van der Waals surface area contributed by atoms with E-state index in [1.165, 1.54) is 5.56 Å². The summed E-state index contributed by atoms with van der Waals surface area (Å²) in [4.78, 5) is 14.9. The van der Waals surface area contributed by atoms with Crippen LogP contribution in [0.1, 0.15) is 43.7 Å². The minimum absolute atomic E-state index is 0.0311. The van der Waals surface area contributed by atoms with Gasteiger partial charge in [0, 0.05) is 13.1 Å². The first-order valence-corrected chi connectivity index (χ1v) is 8.55. The molecule has 0 saturated carbocycles. The molecule has 112 valence electrons. The van der Waals surface area contributed by atoms with E-state index >= 15 is 0 Å². The third-order valence-electron chi connectivity index (χ3n) is 3.67. The van der Waals surface area contributed by atoms with Gasteiger partial charge in [-0.1, -0.05) is 44.2 Å². The van der Waals surface area contributed by atoms with E-state index in [-0.39, 0.29) is 11.8 Å². The number of rotatable bonds is 7. The smallest absolute Gasteiger partial charge is 0.230 e. The van der Waals surface area contributed by atoms with Gasteiger partial charge in [-0.25, -0.2) is 0 Å². The Hall–Kier alpha value is -1.61. The van der Waals surface area contributed by atoms with Gasteiger partial charge in [0.05, 0.1) is 5.92 Å². The van der Waals surface area contributed by atoms with Crippen molar-refractivity contribution in [1.82, 2.24) is 4.90 Å². The number of benzene rings is 1. The number of nitrogens with zero attached hydrogens (tertiary/aromatic N) is 1. The van der Waals surface area contributed by atoms with Crippen LogP contribution in [0.5, 0.6) is 0 Å². The molecule has 1 amide bonds. The Bertz CT molecular complexity index is 536. The highest BCUT2D eigenvalue weighted by atomic mass is 32.1. The van der Waals surface area contributed by atoms with E-state index in [0.29, 0.717) is 0 Å². The van der Waals surface area contributed by atoms with Crippen molar-refractivity contribution in [2.75, 3.05) is 6.54 Å². The Morgan fingerprint density at radius 1 is 1.19 bits per heavy atom. The van der Waals surface area contributed by atoms with Crippen molar-refractivity contribution in [2.45, 2.75) is 39.2 Å². The van der Waals surface area contributed by atoms with Crippen molar-refractivity contribution < 1.29 is 4.79 Å². The summed E-state index contributed by atoms with van der Waals surface area (Å²) in [7, 11) is 0. The summed E-state index contributed by atoms with van der Waals surface area (Å²) in [5, 5.41) is 4.19. The van der Waals surface area contributed by atoms with E-state index in [0.717, 1.165) is 31.5 Å². The Morgan fingerprint density at radius 2 is 1.95 bits per heavy atom. The van der Waals surface area contributed by atoms with Crippen molar-refractivity contribution in [3.63, 3.8) is 0 Å². The monoisotopic (exact) mass is 301 g/mol. The van der Waals surface area contributed by atoms with Crippen molar-refractivity contribution >= 4 is 17.2 Å². The second-order valence-corrected chi connectivity index (χ2v) is 6.04. The molecular weight excluding hydrogens is 278 g/mol. The van der Waals surface area contributed by atoms with E-state index in [1.54, 1.807) is 11.3 Å². The molecule has 0 aliphatic rings. The molecule has 0 saturated heterocycles. The summed E-state index contributed by atoms with van der Waals surface area (Å²) in [6, 6.07) is 12.2. The quantitative estimate of drug-likeness (QED) is 0.727. The summed E-state index contributed by atoms with van der Waals surface area (Å²) < 4.78 is 0. The lowest BCUT2D eigenvalue weighted by Gasteiger charge is -2.26. The second kappa shape index (κ2) is 7.99. The van der Waals surface area contributed by atoms with Crippen molar-refractivity contribution in [3.05, 3.63) is 58.3 Å². The predicted molar refractivity (Wildman–Crippen MR) is 89.5 cm³/mol. The summed E-state index contributed by atoms with van der Waals surface area (Å²) in [5.41, 5.74) is 2.35. The SMILES string of the molecule is CCCN(Cc1ccsc1)C(=O)C(CC)c1ccccc1. The topological polar surface area (TPSA) is 20.3 Å². The molecule has 0 N–H and O–H groups in total. The average molecular weight is 301 g/mol. The normalized spacial score (nSPS) is 12.1. The average Bonchev–Trinajstić information content (AvgIpc) is 3.01. The van der Waals surface area contributed by atoms with Gasteiger partial charge >= 0.3 is 0 Å². The Balaban J connectivity index is 2.16. The maximum absolute atomic E-state index is 12.9. The van der Waals surface area contributed by atoms with Crippen molar-refractivity contribution in [3.8, 4) is 0 Å². The summed E-state index contributed by atoms with van der Waals surface area (Å²) in [6.45, 7) is 5.75. The maximum atomic E-state index is 12.9. The highest BCUT2D eigenvalue weighted by Crippen LogP contribution is 2.23. The van der Waals surface area contributed by atoms with Crippen LogP contribution in [-0.4, -0.2) is 17.4 Å². The maximum Gasteiger partial charge on any atom is 0.230 e. The van der Waals surface area contributed by atoms with Gasteiger partial charge in [-0.3, -0.25) is 4.79 Å². The molecular formula is C18H23NOS. The van der Waals surface area contributed by atoms with Crippen LogP contribution < -0.4 is 0 Å². The molecule has 2 nitrogen and oxygen atoms in total. The van der Waals surface area contributed by atoms with Crippen LogP contribution in [0.2, 0.25) is 0 Å². The lowest BCUT2D eigenvalue weighted by atomic mass is 9.95. The van der Waals surface area contributed by atoms with Gasteiger partial charge in [-0.2, -0.15) is 11.3 Å². The molecule has 0 spiro atoms. The number of hydrogen-bond acceptors (Lipinski definition) is 2. The molecule has 0 aliphatic heterocycles. The molecule has 0 bridgehead atoms. The number of thiophene rings is 1. The summed E-state index contributed by atoms with van der Waals surface area (Å²) >= 11 is 1.68. The van der Waals surface area contributed by atoms with Gasteiger partial charge in [0.25, 0.3) is 0 Å². The predicted octanol–water partition coefficient (Wildman–Crippen LogP) is 4.68. The van der Waals surface area contributed by atoms with Gasteiger partial charge in [-0.05, 0) is 40.8 Å². The van der Waals surface area contributed by atoms with E-state index in [9.17, 15) is 4.79 Å². The van der Waals surface area contributed by atoms with Crippen LogP contribution in [0, 0.1) is 0 Å². The molecule has 2 rings (SSSR count). The van der Waals surface area contributed by atoms with Crippen LogP contribution in [0.4, 0.5) is 0 Å². The summed E-state index contributed by atoms with van der Waals surface area (Å²) in [6.07, 6.45) is 1.83. The van der Waals surface area contributed by atoms with Crippen LogP contribution in [0.25, 0.3) is 0 Å². The Kier molecular flexibility index (Phi) is 6.00. The summed E-state index contributed by atoms with van der Waals surface area (Å²) in [5.74, 6) is 0.216.